The van der Waals surface area contributed by atoms with Gasteiger partial charge >= 0.3 is 5.00 Å². The second-order valence-corrected chi connectivity index (χ2v) is 9.05. The molecule has 25 heavy (non-hydrogen) atoms. The Hall–Kier alpha value is -1.96. The number of nitro groups is 1. The molecule has 1 aromatic rings. The Labute approximate surface area is 149 Å². The molecular weight excluding hydrogens is 342 g/mol. The van der Waals surface area contributed by atoms with Gasteiger partial charge in [-0.2, -0.15) is 0 Å². The molecule has 4 aliphatic rings. The SMILES string of the molecule is O=C(CC12CC3CC(CC(C3)C1)C2)NNC(=O)c1ccc([N+](=O)[O-])s1. The summed E-state index contributed by atoms with van der Waals surface area (Å²) in [6, 6.07) is 2.68. The number of hydrogen-bond donors (Lipinski definition) is 2. The lowest BCUT2D eigenvalue weighted by molar-refractivity contribution is -0.380. The zero-order valence-electron chi connectivity index (χ0n) is 13.8. The van der Waals surface area contributed by atoms with Crippen LogP contribution in [0.3, 0.4) is 0 Å². The molecule has 1 aromatic heterocycles. The highest BCUT2D eigenvalue weighted by atomic mass is 32.1. The summed E-state index contributed by atoms with van der Waals surface area (Å²) in [5.41, 5.74) is 4.99. The van der Waals surface area contributed by atoms with Crippen LogP contribution < -0.4 is 10.9 Å². The molecular formula is C17H21N3O4S. The van der Waals surface area contributed by atoms with E-state index in [1.54, 1.807) is 0 Å². The molecule has 0 radical (unpaired) electrons. The summed E-state index contributed by atoms with van der Waals surface area (Å²) in [4.78, 5) is 34.7. The van der Waals surface area contributed by atoms with Crippen LogP contribution in [0.4, 0.5) is 5.00 Å². The van der Waals surface area contributed by atoms with Gasteiger partial charge in [-0.1, -0.05) is 11.3 Å². The summed E-state index contributed by atoms with van der Waals surface area (Å²) < 4.78 is 0. The predicted molar refractivity (Wildman–Crippen MR) is 91.8 cm³/mol. The van der Waals surface area contributed by atoms with Crippen molar-refractivity contribution in [1.82, 2.24) is 10.9 Å². The lowest BCUT2D eigenvalue weighted by Gasteiger charge is -2.56. The van der Waals surface area contributed by atoms with Gasteiger partial charge in [0.25, 0.3) is 5.91 Å². The number of carbonyl (C=O) groups excluding carboxylic acids is 2. The van der Waals surface area contributed by atoms with Crippen molar-refractivity contribution in [2.24, 2.45) is 23.2 Å². The summed E-state index contributed by atoms with van der Waals surface area (Å²) >= 11 is 0.793. The molecule has 0 spiro atoms. The molecule has 4 aliphatic carbocycles. The van der Waals surface area contributed by atoms with Crippen molar-refractivity contribution in [2.45, 2.75) is 44.9 Å². The molecule has 7 nitrogen and oxygen atoms in total. The topological polar surface area (TPSA) is 101 Å². The molecule has 4 bridgehead atoms. The lowest BCUT2D eigenvalue weighted by atomic mass is 9.49. The molecule has 0 aromatic carbocycles. The maximum Gasteiger partial charge on any atom is 0.324 e. The molecule has 2 N–H and O–H groups in total. The van der Waals surface area contributed by atoms with Gasteiger partial charge in [0, 0.05) is 12.5 Å². The average Bonchev–Trinajstić information content (AvgIpc) is 3.01. The first-order valence-corrected chi connectivity index (χ1v) is 9.57. The van der Waals surface area contributed by atoms with E-state index in [2.05, 4.69) is 10.9 Å². The van der Waals surface area contributed by atoms with Gasteiger partial charge in [0.05, 0.1) is 4.92 Å². The Morgan fingerprint density at radius 3 is 2.24 bits per heavy atom. The van der Waals surface area contributed by atoms with E-state index in [1.165, 1.54) is 31.4 Å². The fraction of sp³-hybridized carbons (Fsp3) is 0.647. The van der Waals surface area contributed by atoms with Crippen molar-refractivity contribution in [2.75, 3.05) is 0 Å². The van der Waals surface area contributed by atoms with Crippen molar-refractivity contribution in [3.8, 4) is 0 Å². The first-order chi connectivity index (χ1) is 11.9. The van der Waals surface area contributed by atoms with Crippen LogP contribution in [0.5, 0.6) is 0 Å². The van der Waals surface area contributed by atoms with E-state index >= 15 is 0 Å². The van der Waals surface area contributed by atoms with Gasteiger partial charge in [-0.3, -0.25) is 30.6 Å². The van der Waals surface area contributed by atoms with Gasteiger partial charge in [0.15, 0.2) is 0 Å². The van der Waals surface area contributed by atoms with Crippen molar-refractivity contribution in [3.63, 3.8) is 0 Å². The fourth-order valence-corrected chi connectivity index (χ4v) is 6.34. The molecule has 5 rings (SSSR count). The third kappa shape index (κ3) is 3.27. The second-order valence-electron chi connectivity index (χ2n) is 7.99. The van der Waals surface area contributed by atoms with Crippen LogP contribution in [-0.4, -0.2) is 16.7 Å². The highest BCUT2D eigenvalue weighted by molar-refractivity contribution is 7.17. The Morgan fingerprint density at radius 2 is 1.72 bits per heavy atom. The van der Waals surface area contributed by atoms with E-state index in [9.17, 15) is 19.7 Å². The molecule has 1 heterocycles. The van der Waals surface area contributed by atoms with Gasteiger partial charge in [0.1, 0.15) is 4.88 Å². The highest BCUT2D eigenvalue weighted by Crippen LogP contribution is 2.61. The molecule has 4 saturated carbocycles. The fourth-order valence-electron chi connectivity index (χ4n) is 5.63. The normalized spacial score (nSPS) is 32.4. The molecule has 0 unspecified atom stereocenters. The van der Waals surface area contributed by atoms with Crippen LogP contribution >= 0.6 is 11.3 Å². The number of nitrogens with one attached hydrogen (secondary N) is 2. The van der Waals surface area contributed by atoms with Crippen LogP contribution in [-0.2, 0) is 4.79 Å². The highest BCUT2D eigenvalue weighted by Gasteiger charge is 2.51. The smallest absolute Gasteiger partial charge is 0.273 e. The van der Waals surface area contributed by atoms with Gasteiger partial charge in [-0.25, -0.2) is 0 Å². The summed E-state index contributed by atoms with van der Waals surface area (Å²) in [6.45, 7) is 0. The van der Waals surface area contributed by atoms with Crippen molar-refractivity contribution >= 4 is 28.2 Å². The largest absolute Gasteiger partial charge is 0.324 e. The molecule has 0 atom stereocenters. The number of hydrogen-bond acceptors (Lipinski definition) is 5. The van der Waals surface area contributed by atoms with E-state index in [-0.39, 0.29) is 21.2 Å². The van der Waals surface area contributed by atoms with E-state index in [0.29, 0.717) is 6.42 Å². The summed E-state index contributed by atoms with van der Waals surface area (Å²) in [7, 11) is 0. The van der Waals surface area contributed by atoms with Crippen LogP contribution in [0.15, 0.2) is 12.1 Å². The Balaban J connectivity index is 1.32. The van der Waals surface area contributed by atoms with E-state index in [0.717, 1.165) is 48.4 Å². The quantitative estimate of drug-likeness (QED) is 0.634. The number of amides is 2. The minimum absolute atomic E-state index is 0.0926. The van der Waals surface area contributed by atoms with Gasteiger partial charge in [-0.15, -0.1) is 0 Å². The molecule has 8 heteroatoms. The number of carbonyl (C=O) groups is 2. The number of nitrogens with zero attached hydrogens (tertiary/aromatic N) is 1. The Bertz CT molecular complexity index is 694. The lowest BCUT2D eigenvalue weighted by Crippen LogP contribution is -2.50. The Morgan fingerprint density at radius 1 is 1.12 bits per heavy atom. The standard InChI is InChI=1S/C17H21N3O4S/c21-14(18-19-16(22)13-1-2-15(25-13)20(23)24)9-17-6-10-3-11(7-17)5-12(4-10)8-17/h1-2,10-12H,3-9H2,(H,18,21)(H,19,22). The number of thiophene rings is 1. The van der Waals surface area contributed by atoms with Crippen molar-refractivity contribution in [3.05, 3.63) is 27.1 Å². The van der Waals surface area contributed by atoms with E-state index < -0.39 is 10.8 Å². The zero-order valence-corrected chi connectivity index (χ0v) is 14.6. The average molecular weight is 363 g/mol. The third-order valence-corrected chi connectivity index (χ3v) is 7.05. The van der Waals surface area contributed by atoms with E-state index in [4.69, 9.17) is 0 Å². The minimum atomic E-state index is -0.535. The number of rotatable bonds is 4. The third-order valence-electron chi connectivity index (χ3n) is 6.01. The number of hydrazine groups is 1. The molecule has 0 aliphatic heterocycles. The van der Waals surface area contributed by atoms with E-state index in [1.807, 2.05) is 0 Å². The first-order valence-electron chi connectivity index (χ1n) is 8.76. The molecule has 2 amide bonds. The maximum absolute atomic E-state index is 12.3. The van der Waals surface area contributed by atoms with Crippen LogP contribution in [0.25, 0.3) is 0 Å². The van der Waals surface area contributed by atoms with Crippen molar-refractivity contribution in [1.29, 1.82) is 0 Å². The van der Waals surface area contributed by atoms with Gasteiger partial charge in [0.2, 0.25) is 5.91 Å². The minimum Gasteiger partial charge on any atom is -0.273 e. The molecule has 0 saturated heterocycles. The summed E-state index contributed by atoms with van der Waals surface area (Å²) in [5.74, 6) is 1.65. The summed E-state index contributed by atoms with van der Waals surface area (Å²) in [6.07, 6.45) is 7.85. The molecule has 134 valence electrons. The van der Waals surface area contributed by atoms with Crippen LogP contribution in [0.2, 0.25) is 0 Å². The summed E-state index contributed by atoms with van der Waals surface area (Å²) in [5, 5.41) is 10.6. The maximum atomic E-state index is 12.3. The van der Waals surface area contributed by atoms with Crippen LogP contribution in [0.1, 0.15) is 54.6 Å². The van der Waals surface area contributed by atoms with Gasteiger partial charge < -0.3 is 0 Å². The zero-order chi connectivity index (χ0) is 17.6. The van der Waals surface area contributed by atoms with Crippen LogP contribution in [0, 0.1) is 33.3 Å². The monoisotopic (exact) mass is 363 g/mol. The second kappa shape index (κ2) is 6.09. The first kappa shape index (κ1) is 16.5. The van der Waals surface area contributed by atoms with Gasteiger partial charge in [-0.05, 0) is 67.8 Å². The molecule has 4 fully saturated rings. The Kier molecular flexibility index (Phi) is 4.02. The predicted octanol–water partition coefficient (Wildman–Crippen LogP) is 3.02. The van der Waals surface area contributed by atoms with Crippen molar-refractivity contribution < 1.29 is 14.5 Å².